The lowest BCUT2D eigenvalue weighted by Gasteiger charge is -1.99. The Morgan fingerprint density at radius 1 is 1.38 bits per heavy atom. The minimum absolute atomic E-state index is 0.846. The molecular weight excluding hydrogens is 182 g/mol. The maximum atomic E-state index is 4.19. The molecule has 0 amide bonds. The van der Waals surface area contributed by atoms with E-state index < -0.39 is 0 Å². The first-order valence-electron chi connectivity index (χ1n) is 3.94. The second kappa shape index (κ2) is 3.53. The molecule has 1 N–H and O–H groups in total. The highest BCUT2D eigenvalue weighted by Crippen LogP contribution is 2.23. The first-order chi connectivity index (χ1) is 6.40. The Hall–Kier alpha value is -1.42. The molecule has 0 aliphatic rings. The standard InChI is InChI=1S/C9H9N3S/c1-10-9-5-7(11-6-12-9)8-3-2-4-13-8/h2-6H,1H3,(H,10,11,12). The Kier molecular flexibility index (Phi) is 2.23. The van der Waals surface area contributed by atoms with Crippen molar-refractivity contribution in [1.82, 2.24) is 9.97 Å². The van der Waals surface area contributed by atoms with E-state index in [0.717, 1.165) is 11.5 Å². The van der Waals surface area contributed by atoms with E-state index in [2.05, 4.69) is 15.3 Å². The van der Waals surface area contributed by atoms with Crippen LogP contribution in [0.4, 0.5) is 5.82 Å². The zero-order chi connectivity index (χ0) is 9.10. The van der Waals surface area contributed by atoms with Gasteiger partial charge in [0.1, 0.15) is 12.1 Å². The van der Waals surface area contributed by atoms with Gasteiger partial charge >= 0.3 is 0 Å². The summed E-state index contributed by atoms with van der Waals surface area (Å²) in [7, 11) is 1.85. The minimum Gasteiger partial charge on any atom is -0.373 e. The summed E-state index contributed by atoms with van der Waals surface area (Å²) in [4.78, 5) is 9.40. The number of anilines is 1. The van der Waals surface area contributed by atoms with E-state index in [1.54, 1.807) is 17.7 Å². The van der Waals surface area contributed by atoms with Crippen molar-refractivity contribution in [3.63, 3.8) is 0 Å². The van der Waals surface area contributed by atoms with Gasteiger partial charge in [0.25, 0.3) is 0 Å². The number of hydrogen-bond donors (Lipinski definition) is 1. The van der Waals surface area contributed by atoms with E-state index in [-0.39, 0.29) is 0 Å². The molecule has 2 aromatic heterocycles. The van der Waals surface area contributed by atoms with E-state index in [0.29, 0.717) is 0 Å². The molecule has 0 radical (unpaired) electrons. The van der Waals surface area contributed by atoms with Crippen LogP contribution < -0.4 is 5.32 Å². The van der Waals surface area contributed by atoms with E-state index in [9.17, 15) is 0 Å². The predicted octanol–water partition coefficient (Wildman–Crippen LogP) is 2.25. The topological polar surface area (TPSA) is 37.8 Å². The van der Waals surface area contributed by atoms with Crippen molar-refractivity contribution >= 4 is 17.2 Å². The molecule has 0 aliphatic heterocycles. The van der Waals surface area contributed by atoms with Gasteiger partial charge in [-0.15, -0.1) is 11.3 Å². The third-order valence-electron chi connectivity index (χ3n) is 1.70. The van der Waals surface area contributed by atoms with Gasteiger partial charge in [0.05, 0.1) is 10.6 Å². The SMILES string of the molecule is CNc1cc(-c2cccs2)ncn1. The molecular formula is C9H9N3S. The molecule has 0 aliphatic carbocycles. The fourth-order valence-corrected chi connectivity index (χ4v) is 1.75. The molecule has 2 heterocycles. The summed E-state index contributed by atoms with van der Waals surface area (Å²) in [6.45, 7) is 0. The summed E-state index contributed by atoms with van der Waals surface area (Å²) >= 11 is 1.68. The number of thiophene rings is 1. The summed E-state index contributed by atoms with van der Waals surface area (Å²) in [6, 6.07) is 6.00. The number of aromatic nitrogens is 2. The minimum atomic E-state index is 0.846. The first kappa shape index (κ1) is 8.19. The van der Waals surface area contributed by atoms with Gasteiger partial charge in [-0.1, -0.05) is 6.07 Å². The van der Waals surface area contributed by atoms with Gasteiger partial charge in [0.15, 0.2) is 0 Å². The molecule has 2 aromatic rings. The van der Waals surface area contributed by atoms with Crippen LogP contribution in [0.15, 0.2) is 29.9 Å². The predicted molar refractivity (Wildman–Crippen MR) is 54.9 cm³/mol. The number of nitrogens with zero attached hydrogens (tertiary/aromatic N) is 2. The lowest BCUT2D eigenvalue weighted by atomic mass is 10.3. The molecule has 0 saturated carbocycles. The van der Waals surface area contributed by atoms with Gasteiger partial charge in [-0.25, -0.2) is 9.97 Å². The summed E-state index contributed by atoms with van der Waals surface area (Å²) in [6.07, 6.45) is 1.57. The van der Waals surface area contributed by atoms with Crippen molar-refractivity contribution in [2.45, 2.75) is 0 Å². The molecule has 66 valence electrons. The van der Waals surface area contributed by atoms with Crippen LogP contribution >= 0.6 is 11.3 Å². The fourth-order valence-electron chi connectivity index (χ4n) is 1.05. The van der Waals surface area contributed by atoms with Gasteiger partial charge in [0, 0.05) is 13.1 Å². The summed E-state index contributed by atoms with van der Waals surface area (Å²) in [5.74, 6) is 0.846. The van der Waals surface area contributed by atoms with Gasteiger partial charge in [-0.3, -0.25) is 0 Å². The molecule has 0 fully saturated rings. The summed E-state index contributed by atoms with van der Waals surface area (Å²) in [5, 5.41) is 5.02. The highest BCUT2D eigenvalue weighted by atomic mass is 32.1. The van der Waals surface area contributed by atoms with Crippen molar-refractivity contribution in [1.29, 1.82) is 0 Å². The van der Waals surface area contributed by atoms with E-state index in [4.69, 9.17) is 0 Å². The molecule has 13 heavy (non-hydrogen) atoms. The maximum absolute atomic E-state index is 4.19. The lowest BCUT2D eigenvalue weighted by molar-refractivity contribution is 1.17. The van der Waals surface area contributed by atoms with Crippen LogP contribution in [-0.4, -0.2) is 17.0 Å². The zero-order valence-electron chi connectivity index (χ0n) is 7.19. The molecule has 0 aromatic carbocycles. The summed E-state index contributed by atoms with van der Waals surface area (Å²) in [5.41, 5.74) is 0.967. The van der Waals surface area contributed by atoms with Crippen molar-refractivity contribution in [3.05, 3.63) is 29.9 Å². The third kappa shape index (κ3) is 1.67. The molecule has 0 saturated heterocycles. The van der Waals surface area contributed by atoms with Crippen LogP contribution in [0.5, 0.6) is 0 Å². The third-order valence-corrected chi connectivity index (χ3v) is 2.59. The monoisotopic (exact) mass is 191 g/mol. The van der Waals surface area contributed by atoms with Gasteiger partial charge in [-0.2, -0.15) is 0 Å². The molecule has 2 rings (SSSR count). The van der Waals surface area contributed by atoms with Crippen LogP contribution in [-0.2, 0) is 0 Å². The first-order valence-corrected chi connectivity index (χ1v) is 4.82. The second-order valence-corrected chi connectivity index (χ2v) is 3.46. The molecule has 0 bridgehead atoms. The van der Waals surface area contributed by atoms with E-state index in [1.165, 1.54) is 4.88 Å². The second-order valence-electron chi connectivity index (χ2n) is 2.52. The van der Waals surface area contributed by atoms with Gasteiger partial charge in [0.2, 0.25) is 0 Å². The van der Waals surface area contributed by atoms with E-state index in [1.807, 2.05) is 30.6 Å². The fraction of sp³-hybridized carbons (Fsp3) is 0.111. The van der Waals surface area contributed by atoms with Crippen molar-refractivity contribution in [2.75, 3.05) is 12.4 Å². The van der Waals surface area contributed by atoms with Crippen molar-refractivity contribution in [2.24, 2.45) is 0 Å². The van der Waals surface area contributed by atoms with Gasteiger partial charge in [-0.05, 0) is 11.4 Å². The quantitative estimate of drug-likeness (QED) is 0.791. The average Bonchev–Trinajstić information content (AvgIpc) is 2.71. The Balaban J connectivity index is 2.41. The number of rotatable bonds is 2. The van der Waals surface area contributed by atoms with Gasteiger partial charge < -0.3 is 5.32 Å². The van der Waals surface area contributed by atoms with Crippen LogP contribution in [0.25, 0.3) is 10.6 Å². The highest BCUT2D eigenvalue weighted by molar-refractivity contribution is 7.13. The van der Waals surface area contributed by atoms with Crippen LogP contribution in [0.1, 0.15) is 0 Å². The molecule has 0 atom stereocenters. The zero-order valence-corrected chi connectivity index (χ0v) is 8.01. The smallest absolute Gasteiger partial charge is 0.129 e. The Morgan fingerprint density at radius 2 is 2.31 bits per heavy atom. The molecule has 3 nitrogen and oxygen atoms in total. The Labute approximate surface area is 80.5 Å². The lowest BCUT2D eigenvalue weighted by Crippen LogP contribution is -1.93. The largest absolute Gasteiger partial charge is 0.373 e. The van der Waals surface area contributed by atoms with Crippen molar-refractivity contribution in [3.8, 4) is 10.6 Å². The number of hydrogen-bond acceptors (Lipinski definition) is 4. The van der Waals surface area contributed by atoms with E-state index >= 15 is 0 Å². The Morgan fingerprint density at radius 3 is 3.00 bits per heavy atom. The number of nitrogens with one attached hydrogen (secondary N) is 1. The van der Waals surface area contributed by atoms with Crippen LogP contribution in [0, 0.1) is 0 Å². The van der Waals surface area contributed by atoms with Crippen LogP contribution in [0.3, 0.4) is 0 Å². The van der Waals surface area contributed by atoms with Crippen molar-refractivity contribution < 1.29 is 0 Å². The molecule has 4 heteroatoms. The van der Waals surface area contributed by atoms with Crippen LogP contribution in [0.2, 0.25) is 0 Å². The summed E-state index contributed by atoms with van der Waals surface area (Å²) < 4.78 is 0. The highest BCUT2D eigenvalue weighted by Gasteiger charge is 2.00. The average molecular weight is 191 g/mol. The Bertz CT molecular complexity index is 384. The normalized spacial score (nSPS) is 9.92. The maximum Gasteiger partial charge on any atom is 0.129 e. The molecule has 0 unspecified atom stereocenters. The molecule has 0 spiro atoms.